The molecule has 1 amide bonds. The van der Waals surface area contributed by atoms with Gasteiger partial charge in [-0.15, -0.1) is 0 Å². The van der Waals surface area contributed by atoms with E-state index in [4.69, 9.17) is 4.74 Å². The van der Waals surface area contributed by atoms with E-state index in [1.54, 1.807) is 6.08 Å². The number of nitrogens with one attached hydrogen (secondary N) is 1. The van der Waals surface area contributed by atoms with E-state index in [1.807, 2.05) is 6.08 Å². The van der Waals surface area contributed by atoms with Gasteiger partial charge in [0.25, 0.3) is 0 Å². The minimum absolute atomic E-state index is 0.00405. The lowest BCUT2D eigenvalue weighted by Gasteiger charge is -2.20. The van der Waals surface area contributed by atoms with Crippen LogP contribution < -0.4 is 5.32 Å². The molecule has 484 valence electrons. The van der Waals surface area contributed by atoms with Gasteiger partial charge in [0.15, 0.2) is 0 Å². The average Bonchev–Trinajstić information content (AvgIpc) is 3.48. The number of hydrogen-bond acceptors (Lipinski definition) is 5. The van der Waals surface area contributed by atoms with E-state index >= 15 is 0 Å². The summed E-state index contributed by atoms with van der Waals surface area (Å²) in [6, 6.07) is -0.628. The molecule has 6 nitrogen and oxygen atoms in total. The van der Waals surface area contributed by atoms with Crippen LogP contribution in [-0.2, 0) is 14.3 Å². The maximum Gasteiger partial charge on any atom is 0.305 e. The molecule has 0 aromatic rings. The lowest BCUT2D eigenvalue weighted by molar-refractivity contribution is -0.143. The number of aliphatic hydroxyl groups excluding tert-OH is 2. The molecule has 82 heavy (non-hydrogen) atoms. The fourth-order valence-corrected chi connectivity index (χ4v) is 11.7. The number of carbonyl (C=O) groups is 2. The van der Waals surface area contributed by atoms with Crippen molar-refractivity contribution in [1.82, 2.24) is 5.32 Å². The molecule has 3 N–H and O–H groups in total. The highest BCUT2D eigenvalue weighted by atomic mass is 16.5. The second-order valence-electron chi connectivity index (χ2n) is 25.6. The molecule has 0 saturated carbocycles. The minimum Gasteiger partial charge on any atom is -0.466 e. The Kier molecular flexibility index (Phi) is 69.9. The van der Waals surface area contributed by atoms with Gasteiger partial charge < -0.3 is 20.3 Å². The minimum atomic E-state index is -0.845. The van der Waals surface area contributed by atoms with Crippen molar-refractivity contribution in [2.75, 3.05) is 13.2 Å². The maximum atomic E-state index is 12.5. The quantitative estimate of drug-likeness (QED) is 0.0320. The topological polar surface area (TPSA) is 95.9 Å². The van der Waals surface area contributed by atoms with Crippen molar-refractivity contribution in [3.05, 3.63) is 36.5 Å². The smallest absolute Gasteiger partial charge is 0.305 e. The number of amides is 1. The molecular weight excluding hydrogens is 1010 g/mol. The molecule has 0 aliphatic heterocycles. The van der Waals surface area contributed by atoms with Gasteiger partial charge in [-0.2, -0.15) is 0 Å². The van der Waals surface area contributed by atoms with Crippen molar-refractivity contribution in [2.24, 2.45) is 0 Å². The molecule has 0 rings (SSSR count). The molecule has 0 aromatic carbocycles. The zero-order valence-corrected chi connectivity index (χ0v) is 55.5. The normalized spacial score (nSPS) is 12.7. The second kappa shape index (κ2) is 71.6. The Bertz CT molecular complexity index is 1330. The summed E-state index contributed by atoms with van der Waals surface area (Å²) >= 11 is 0. The molecule has 0 bridgehead atoms. The predicted molar refractivity (Wildman–Crippen MR) is 361 cm³/mol. The first kappa shape index (κ1) is 80.1. The first-order chi connectivity index (χ1) is 40.5. The second-order valence-corrected chi connectivity index (χ2v) is 25.6. The molecule has 0 aromatic heterocycles. The molecule has 2 atom stereocenters. The van der Waals surface area contributed by atoms with Gasteiger partial charge in [-0.25, -0.2) is 0 Å². The number of unbranched alkanes of at least 4 members (excludes halogenated alkanes) is 55. The van der Waals surface area contributed by atoms with Gasteiger partial charge in [-0.3, -0.25) is 9.59 Å². The predicted octanol–water partition coefficient (Wildman–Crippen LogP) is 24.3. The van der Waals surface area contributed by atoms with E-state index in [0.29, 0.717) is 19.4 Å². The SMILES string of the molecule is CCCCCC/C=C\C/C=C\CCCCCCCC(=O)OCCCCCCCCCCCCCCCCCCCCCCCCCCCCC(=O)NC(CO)C(O)/C=C/CCCCCCCCCCCCCCCCCCCCCCC. The molecular formula is C76H145NO5. The van der Waals surface area contributed by atoms with Gasteiger partial charge in [0, 0.05) is 12.8 Å². The Morgan fingerprint density at radius 1 is 0.341 bits per heavy atom. The Hall–Kier alpha value is -1.92. The van der Waals surface area contributed by atoms with E-state index in [-0.39, 0.29) is 18.5 Å². The van der Waals surface area contributed by atoms with Gasteiger partial charge >= 0.3 is 5.97 Å². The van der Waals surface area contributed by atoms with E-state index in [0.717, 1.165) is 51.4 Å². The summed E-state index contributed by atoms with van der Waals surface area (Å²) in [5.74, 6) is -0.0575. The summed E-state index contributed by atoms with van der Waals surface area (Å²) in [6.45, 7) is 4.92. The standard InChI is InChI=1S/C76H145NO5/c1-3-5-7-9-11-13-15-17-19-21-22-23-28-31-34-37-40-44-48-52-56-60-64-68-74(79)73(72-78)77-75(80)69-65-61-57-53-49-45-41-38-35-32-29-26-24-25-27-30-33-36-39-43-47-51-55-59-63-67-71-82-76(81)70-66-62-58-54-50-46-42-20-18-16-14-12-10-8-6-4-2/h14,16,20,42,64,68,73-74,78-79H,3-13,15,17-19,21-41,43-63,65-67,69-72H2,1-2H3,(H,77,80)/b16-14-,42-20-,68-64+. The summed E-state index contributed by atoms with van der Waals surface area (Å²) in [5.41, 5.74) is 0. The summed E-state index contributed by atoms with van der Waals surface area (Å²) < 4.78 is 5.49. The van der Waals surface area contributed by atoms with Crippen LogP contribution in [-0.4, -0.2) is 47.4 Å². The fraction of sp³-hybridized carbons (Fsp3) is 0.895. The van der Waals surface area contributed by atoms with Crippen molar-refractivity contribution in [2.45, 2.75) is 424 Å². The van der Waals surface area contributed by atoms with Gasteiger partial charge in [-0.05, 0) is 64.2 Å². The number of rotatable bonds is 70. The van der Waals surface area contributed by atoms with Crippen LogP contribution in [0.1, 0.15) is 412 Å². The van der Waals surface area contributed by atoms with Crippen LogP contribution in [0.25, 0.3) is 0 Å². The first-order valence-corrected chi connectivity index (χ1v) is 37.3. The third-order valence-electron chi connectivity index (χ3n) is 17.4. The van der Waals surface area contributed by atoms with Crippen LogP contribution in [0, 0.1) is 0 Å². The zero-order valence-electron chi connectivity index (χ0n) is 55.5. The van der Waals surface area contributed by atoms with Gasteiger partial charge in [-0.1, -0.05) is 371 Å². The summed E-state index contributed by atoms with van der Waals surface area (Å²) in [7, 11) is 0. The molecule has 0 fully saturated rings. The Morgan fingerprint density at radius 3 is 0.939 bits per heavy atom. The number of hydrogen-bond donors (Lipinski definition) is 3. The third kappa shape index (κ3) is 67.2. The first-order valence-electron chi connectivity index (χ1n) is 37.3. The zero-order chi connectivity index (χ0) is 59.2. The molecule has 2 unspecified atom stereocenters. The number of ether oxygens (including phenoxy) is 1. The van der Waals surface area contributed by atoms with Gasteiger partial charge in [0.1, 0.15) is 0 Å². The Labute approximate surface area is 513 Å². The monoisotopic (exact) mass is 1150 g/mol. The highest BCUT2D eigenvalue weighted by molar-refractivity contribution is 5.76. The van der Waals surface area contributed by atoms with E-state index in [9.17, 15) is 19.8 Å². The lowest BCUT2D eigenvalue weighted by atomic mass is 10.0. The van der Waals surface area contributed by atoms with Gasteiger partial charge in [0.2, 0.25) is 5.91 Å². The number of carbonyl (C=O) groups excluding carboxylic acids is 2. The summed E-state index contributed by atoms with van der Waals surface area (Å²) in [6.07, 6.45) is 92.4. The number of allylic oxidation sites excluding steroid dienone is 5. The van der Waals surface area contributed by atoms with Crippen molar-refractivity contribution in [3.8, 4) is 0 Å². The van der Waals surface area contributed by atoms with E-state index < -0.39 is 12.1 Å². The van der Waals surface area contributed by atoms with Crippen molar-refractivity contribution < 1.29 is 24.5 Å². The van der Waals surface area contributed by atoms with Crippen LogP contribution in [0.15, 0.2) is 36.5 Å². The molecule has 0 saturated heterocycles. The van der Waals surface area contributed by atoms with Crippen LogP contribution in [0.4, 0.5) is 0 Å². The highest BCUT2D eigenvalue weighted by Gasteiger charge is 2.18. The summed E-state index contributed by atoms with van der Waals surface area (Å²) in [5, 5.41) is 23.3. The molecule has 0 radical (unpaired) electrons. The molecule has 0 aliphatic carbocycles. The summed E-state index contributed by atoms with van der Waals surface area (Å²) in [4.78, 5) is 24.6. The van der Waals surface area contributed by atoms with Crippen LogP contribution in [0.3, 0.4) is 0 Å². The highest BCUT2D eigenvalue weighted by Crippen LogP contribution is 2.19. The lowest BCUT2D eigenvalue weighted by Crippen LogP contribution is -2.45. The third-order valence-corrected chi connectivity index (χ3v) is 17.4. The van der Waals surface area contributed by atoms with Crippen molar-refractivity contribution >= 4 is 11.9 Å². The van der Waals surface area contributed by atoms with Crippen molar-refractivity contribution in [3.63, 3.8) is 0 Å². The fourth-order valence-electron chi connectivity index (χ4n) is 11.7. The Morgan fingerprint density at radius 2 is 0.610 bits per heavy atom. The molecule has 0 heterocycles. The van der Waals surface area contributed by atoms with Crippen molar-refractivity contribution in [1.29, 1.82) is 0 Å². The van der Waals surface area contributed by atoms with E-state index in [2.05, 4.69) is 43.5 Å². The number of aliphatic hydroxyl groups is 2. The number of esters is 1. The van der Waals surface area contributed by atoms with Crippen LogP contribution in [0.5, 0.6) is 0 Å². The molecule has 6 heteroatoms. The van der Waals surface area contributed by atoms with E-state index in [1.165, 1.54) is 334 Å². The van der Waals surface area contributed by atoms with Crippen LogP contribution >= 0.6 is 0 Å². The maximum absolute atomic E-state index is 12.5. The molecule has 0 spiro atoms. The average molecular weight is 1150 g/mol. The molecule has 0 aliphatic rings. The Balaban J connectivity index is 3.39. The largest absolute Gasteiger partial charge is 0.466 e. The van der Waals surface area contributed by atoms with Gasteiger partial charge in [0.05, 0.1) is 25.4 Å². The van der Waals surface area contributed by atoms with Crippen LogP contribution in [0.2, 0.25) is 0 Å².